The van der Waals surface area contributed by atoms with Gasteiger partial charge in [-0.05, 0) is 23.9 Å². The summed E-state index contributed by atoms with van der Waals surface area (Å²) < 4.78 is 25.7. The van der Waals surface area contributed by atoms with Gasteiger partial charge in [-0.25, -0.2) is 0 Å². The summed E-state index contributed by atoms with van der Waals surface area (Å²) in [6.45, 7) is 11.2. The minimum absolute atomic E-state index is 0. The Morgan fingerprint density at radius 3 is 1.50 bits per heavy atom. The normalized spacial score (nSPS) is 24.2. The van der Waals surface area contributed by atoms with Gasteiger partial charge in [0.05, 0.1) is 0 Å². The van der Waals surface area contributed by atoms with E-state index in [1.54, 1.807) is 0 Å². The third-order valence-corrected chi connectivity index (χ3v) is 7.35. The van der Waals surface area contributed by atoms with Crippen LogP contribution in [0.3, 0.4) is 0 Å². The molecule has 1 aliphatic heterocycles. The van der Waals surface area contributed by atoms with Crippen molar-refractivity contribution in [2.75, 3.05) is 25.1 Å². The van der Waals surface area contributed by atoms with Gasteiger partial charge in [-0.15, -0.1) is 7.92 Å². The molecule has 0 radical (unpaired) electrons. The van der Waals surface area contributed by atoms with E-state index in [1.165, 1.54) is 25.4 Å². The molecule has 32 heavy (non-hydrogen) atoms. The summed E-state index contributed by atoms with van der Waals surface area (Å²) in [6.07, 6.45) is -0.218. The zero-order valence-corrected chi connectivity index (χ0v) is 23.4. The molecule has 0 N–H and O–H groups in total. The van der Waals surface area contributed by atoms with Gasteiger partial charge in [-0.1, -0.05) is 20.8 Å². The van der Waals surface area contributed by atoms with E-state index in [0.717, 1.165) is 20.8 Å². The first-order valence-corrected chi connectivity index (χ1v) is 12.5. The van der Waals surface area contributed by atoms with Crippen molar-refractivity contribution in [1.29, 1.82) is 0 Å². The van der Waals surface area contributed by atoms with Crippen molar-refractivity contribution in [2.45, 2.75) is 78.3 Å². The molecular formula is C20H34AuO9PS. The molecule has 0 bridgehead atoms. The Kier molecular flexibility index (Phi) is 18.6. The topological polar surface area (TPSA) is 114 Å². The summed E-state index contributed by atoms with van der Waals surface area (Å²) in [6, 6.07) is 0. The summed E-state index contributed by atoms with van der Waals surface area (Å²) in [4.78, 5) is 45.0. The fourth-order valence-corrected chi connectivity index (χ4v) is 4.55. The Morgan fingerprint density at radius 1 is 0.750 bits per heavy atom. The molecule has 1 heterocycles. The summed E-state index contributed by atoms with van der Waals surface area (Å²) in [7, 11) is 0.446. The third kappa shape index (κ3) is 13.2. The average Bonchev–Trinajstić information content (AvgIpc) is 2.66. The molecule has 190 valence electrons. The molecule has 1 aliphatic rings. The largest absolute Gasteiger partial charge is 1.00 e. The molecular weight excluding hydrogens is 644 g/mol. The smallest absolute Gasteiger partial charge is 0.757 e. The summed E-state index contributed by atoms with van der Waals surface area (Å²) in [5.74, 6) is -2.62. The number of carbonyl (C=O) groups is 4. The van der Waals surface area contributed by atoms with Crippen molar-refractivity contribution in [3.05, 3.63) is 0 Å². The molecule has 0 aromatic rings. The second-order valence-electron chi connectivity index (χ2n) is 6.69. The molecule has 1 saturated heterocycles. The van der Waals surface area contributed by atoms with Crippen LogP contribution in [-0.2, 0) is 77.9 Å². The Labute approximate surface area is 212 Å². The summed E-state index contributed by atoms with van der Waals surface area (Å²) in [5, 5.41) is 0. The van der Waals surface area contributed by atoms with E-state index in [9.17, 15) is 19.2 Å². The van der Waals surface area contributed by atoms with Gasteiger partial charge in [-0.2, -0.15) is 0 Å². The Morgan fingerprint density at radius 2 is 1.16 bits per heavy atom. The first-order valence-electron chi connectivity index (χ1n) is 10.1. The van der Waals surface area contributed by atoms with Gasteiger partial charge in [-0.3, -0.25) is 19.2 Å². The van der Waals surface area contributed by atoms with Crippen LogP contribution >= 0.6 is 7.92 Å². The van der Waals surface area contributed by atoms with Crippen LogP contribution < -0.4 is 0 Å². The number of carbonyl (C=O) groups excluding carboxylic acids is 4. The van der Waals surface area contributed by atoms with Crippen molar-refractivity contribution in [1.82, 2.24) is 0 Å². The average molecular weight is 678 g/mol. The zero-order valence-electron chi connectivity index (χ0n) is 19.5. The van der Waals surface area contributed by atoms with Gasteiger partial charge < -0.3 is 36.3 Å². The fraction of sp³-hybridized carbons (Fsp3) is 0.800. The monoisotopic (exact) mass is 678 g/mol. The minimum Gasteiger partial charge on any atom is -0.757 e. The molecule has 0 aliphatic carbocycles. The molecule has 12 heteroatoms. The SMILES string of the molecule is CC(=O)OCC1OC([S-])C(OC(C)=O)C(OC(C)=O)C1OC(C)=O.CCP(CC)CC.[Au+]. The Balaban J connectivity index is 0. The molecule has 0 aromatic heterocycles. The van der Waals surface area contributed by atoms with Gasteiger partial charge in [0.25, 0.3) is 0 Å². The third-order valence-electron chi connectivity index (χ3n) is 4.29. The van der Waals surface area contributed by atoms with Crippen molar-refractivity contribution in [2.24, 2.45) is 0 Å². The zero-order chi connectivity index (χ0) is 24.1. The van der Waals surface area contributed by atoms with Crippen molar-refractivity contribution < 1.29 is 65.2 Å². The number of ether oxygens (including phenoxy) is 5. The van der Waals surface area contributed by atoms with Crippen molar-refractivity contribution in [3.8, 4) is 0 Å². The number of hydrogen-bond acceptors (Lipinski definition) is 10. The maximum absolute atomic E-state index is 11.4. The molecule has 0 aromatic carbocycles. The van der Waals surface area contributed by atoms with Gasteiger partial charge in [0.1, 0.15) is 18.8 Å². The molecule has 1 rings (SSSR count). The first kappa shape index (κ1) is 33.5. The van der Waals surface area contributed by atoms with E-state index >= 15 is 0 Å². The van der Waals surface area contributed by atoms with Crippen LogP contribution in [-0.4, -0.2) is 78.8 Å². The molecule has 0 amide bonds. The predicted octanol–water partition coefficient (Wildman–Crippen LogP) is 2.14. The van der Waals surface area contributed by atoms with Gasteiger partial charge in [0, 0.05) is 27.7 Å². The second kappa shape index (κ2) is 17.8. The van der Waals surface area contributed by atoms with Crippen LogP contribution in [0.1, 0.15) is 48.5 Å². The van der Waals surface area contributed by atoms with Gasteiger partial charge >= 0.3 is 46.3 Å². The van der Waals surface area contributed by atoms with E-state index in [0.29, 0.717) is 7.92 Å². The van der Waals surface area contributed by atoms with Crippen LogP contribution in [0.2, 0.25) is 0 Å². The van der Waals surface area contributed by atoms with Crippen LogP contribution in [0, 0.1) is 0 Å². The maximum Gasteiger partial charge on any atom is 1.00 e. The van der Waals surface area contributed by atoms with Crippen LogP contribution in [0.25, 0.3) is 0 Å². The molecule has 5 unspecified atom stereocenters. The molecule has 0 spiro atoms. The quantitative estimate of drug-likeness (QED) is 0.125. The van der Waals surface area contributed by atoms with E-state index in [2.05, 4.69) is 20.8 Å². The van der Waals surface area contributed by atoms with Crippen LogP contribution in [0.5, 0.6) is 0 Å². The van der Waals surface area contributed by atoms with E-state index in [-0.39, 0.29) is 29.0 Å². The summed E-state index contributed by atoms with van der Waals surface area (Å²) >= 11 is 5.11. The number of rotatable bonds is 8. The Hall–Kier alpha value is -0.640. The molecule has 5 atom stereocenters. The molecule has 1 fully saturated rings. The minimum atomic E-state index is -1.19. The van der Waals surface area contributed by atoms with E-state index in [1.807, 2.05) is 0 Å². The van der Waals surface area contributed by atoms with Crippen molar-refractivity contribution >= 4 is 44.4 Å². The van der Waals surface area contributed by atoms with E-state index < -0.39 is 53.7 Å². The number of hydrogen-bond donors (Lipinski definition) is 0. The molecule has 0 saturated carbocycles. The number of esters is 4. The maximum atomic E-state index is 11.4. The first-order chi connectivity index (χ1) is 14.5. The Bertz CT molecular complexity index is 598. The molecule has 9 nitrogen and oxygen atoms in total. The van der Waals surface area contributed by atoms with Gasteiger partial charge in [0.2, 0.25) is 0 Å². The van der Waals surface area contributed by atoms with Crippen molar-refractivity contribution in [3.63, 3.8) is 0 Å². The second-order valence-corrected chi connectivity index (χ2v) is 10.4. The van der Waals surface area contributed by atoms with E-state index in [4.69, 9.17) is 36.3 Å². The standard InChI is InChI=1S/C14H20O9S.C6H15P.Au/c1-6(15)19-5-10-11(20-7(2)16)12(21-8(3)17)13(14(24)23-10)22-9(4)18;1-4-7(5-2)6-3;/h10-14,24H,5H2,1-4H3;4-6H2,1-3H3;/q;;+1/p-1. The van der Waals surface area contributed by atoms with Crippen LogP contribution in [0.15, 0.2) is 0 Å². The predicted molar refractivity (Wildman–Crippen MR) is 118 cm³/mol. The van der Waals surface area contributed by atoms with Crippen LogP contribution in [0.4, 0.5) is 0 Å². The fourth-order valence-electron chi connectivity index (χ4n) is 2.86. The summed E-state index contributed by atoms with van der Waals surface area (Å²) in [5.41, 5.74) is -1.09. The van der Waals surface area contributed by atoms with Gasteiger partial charge in [0.15, 0.2) is 12.2 Å².